The van der Waals surface area contributed by atoms with E-state index in [0.29, 0.717) is 41.8 Å². The average molecular weight is 391 g/mol. The Kier molecular flexibility index (Phi) is 5.17. The monoisotopic (exact) mass is 390 g/mol. The van der Waals surface area contributed by atoms with E-state index >= 15 is 0 Å². The number of aliphatic carboxylic acids is 1. The van der Waals surface area contributed by atoms with Crippen molar-refractivity contribution < 1.29 is 19.8 Å². The fraction of sp³-hybridized carbons (Fsp3) is 0.917. The van der Waals surface area contributed by atoms with Gasteiger partial charge >= 0.3 is 5.97 Å². The first-order valence-corrected chi connectivity index (χ1v) is 11.6. The maximum atomic E-state index is 13.3. The van der Waals surface area contributed by atoms with E-state index in [0.717, 1.165) is 44.9 Å². The van der Waals surface area contributed by atoms with Gasteiger partial charge < -0.3 is 10.2 Å². The molecule has 158 valence electrons. The molecule has 28 heavy (non-hydrogen) atoms. The molecule has 2 N–H and O–H groups in total. The lowest BCUT2D eigenvalue weighted by Gasteiger charge is -2.60. The van der Waals surface area contributed by atoms with Crippen LogP contribution in [-0.2, 0) is 9.59 Å². The maximum Gasteiger partial charge on any atom is 0.303 e. The Morgan fingerprint density at radius 2 is 1.79 bits per heavy atom. The van der Waals surface area contributed by atoms with Crippen molar-refractivity contribution in [1.82, 2.24) is 0 Å². The van der Waals surface area contributed by atoms with Gasteiger partial charge in [-0.25, -0.2) is 0 Å². The fourth-order valence-electron chi connectivity index (χ4n) is 8.44. The first-order valence-electron chi connectivity index (χ1n) is 11.6. The molecule has 4 rings (SSSR count). The zero-order valence-corrected chi connectivity index (χ0v) is 17.8. The number of aliphatic hydroxyl groups is 1. The Hall–Kier alpha value is -0.900. The highest BCUT2D eigenvalue weighted by atomic mass is 16.4. The van der Waals surface area contributed by atoms with Crippen LogP contribution in [0.5, 0.6) is 0 Å². The SMILES string of the molecule is C[C@H](CCC(=O)O)[C@H]1CC[C@H]2[C@@H]3C(=O)C[C@H]4C[C@@H](O)CC[C@]4(C)[C@H]3CC[C@]12C. The van der Waals surface area contributed by atoms with Crippen LogP contribution in [0.1, 0.15) is 85.0 Å². The molecule has 9 atom stereocenters. The van der Waals surface area contributed by atoms with Crippen LogP contribution in [0, 0.1) is 46.3 Å². The van der Waals surface area contributed by atoms with Crippen molar-refractivity contribution in [2.24, 2.45) is 46.3 Å². The zero-order chi connectivity index (χ0) is 20.3. The van der Waals surface area contributed by atoms with E-state index in [9.17, 15) is 14.7 Å². The molecule has 0 radical (unpaired) electrons. The number of hydrogen-bond acceptors (Lipinski definition) is 3. The van der Waals surface area contributed by atoms with Gasteiger partial charge in [0, 0.05) is 18.8 Å². The molecule has 0 heterocycles. The summed E-state index contributed by atoms with van der Waals surface area (Å²) in [7, 11) is 0. The molecular weight excluding hydrogens is 352 g/mol. The lowest BCUT2D eigenvalue weighted by molar-refractivity contribution is -0.160. The van der Waals surface area contributed by atoms with Crippen molar-refractivity contribution in [3.63, 3.8) is 0 Å². The normalized spacial score (nSPS) is 49.1. The summed E-state index contributed by atoms with van der Waals surface area (Å²) in [5.41, 5.74) is 0.401. The number of carboxylic acids is 1. The number of carbonyl (C=O) groups is 2. The van der Waals surface area contributed by atoms with Crippen molar-refractivity contribution in [1.29, 1.82) is 0 Å². The summed E-state index contributed by atoms with van der Waals surface area (Å²) in [5.74, 6) is 2.25. The predicted molar refractivity (Wildman–Crippen MR) is 108 cm³/mol. The Morgan fingerprint density at radius 3 is 2.50 bits per heavy atom. The van der Waals surface area contributed by atoms with E-state index in [1.165, 1.54) is 6.42 Å². The van der Waals surface area contributed by atoms with E-state index in [4.69, 9.17) is 5.11 Å². The second-order valence-electron chi connectivity index (χ2n) is 11.2. The van der Waals surface area contributed by atoms with Gasteiger partial charge in [0.05, 0.1) is 6.10 Å². The van der Waals surface area contributed by atoms with Gasteiger partial charge in [-0.3, -0.25) is 9.59 Å². The van der Waals surface area contributed by atoms with E-state index in [-0.39, 0.29) is 29.3 Å². The summed E-state index contributed by atoms with van der Waals surface area (Å²) in [5, 5.41) is 19.3. The van der Waals surface area contributed by atoms with E-state index in [1.54, 1.807) is 0 Å². The molecule has 0 bridgehead atoms. The molecule has 0 aromatic heterocycles. The van der Waals surface area contributed by atoms with E-state index in [1.807, 2.05) is 0 Å². The van der Waals surface area contributed by atoms with E-state index in [2.05, 4.69) is 20.8 Å². The van der Waals surface area contributed by atoms with Crippen molar-refractivity contribution >= 4 is 11.8 Å². The summed E-state index contributed by atoms with van der Waals surface area (Å²) >= 11 is 0. The van der Waals surface area contributed by atoms with Crippen LogP contribution in [0.4, 0.5) is 0 Å². The summed E-state index contributed by atoms with van der Waals surface area (Å²) in [6.45, 7) is 7.06. The van der Waals surface area contributed by atoms with Gasteiger partial charge in [-0.1, -0.05) is 20.8 Å². The van der Waals surface area contributed by atoms with Crippen LogP contribution in [0.2, 0.25) is 0 Å². The minimum atomic E-state index is -0.698. The van der Waals surface area contributed by atoms with Gasteiger partial charge in [-0.05, 0) is 91.8 Å². The second-order valence-corrected chi connectivity index (χ2v) is 11.2. The van der Waals surface area contributed by atoms with Crippen LogP contribution in [0.25, 0.3) is 0 Å². The van der Waals surface area contributed by atoms with Gasteiger partial charge in [-0.15, -0.1) is 0 Å². The fourth-order valence-corrected chi connectivity index (χ4v) is 8.44. The number of fused-ring (bicyclic) bond motifs is 5. The molecule has 4 saturated carbocycles. The first kappa shape index (κ1) is 20.4. The van der Waals surface area contributed by atoms with Crippen molar-refractivity contribution in [2.75, 3.05) is 0 Å². The molecule has 4 aliphatic rings. The smallest absolute Gasteiger partial charge is 0.303 e. The minimum Gasteiger partial charge on any atom is -0.481 e. The maximum absolute atomic E-state index is 13.3. The van der Waals surface area contributed by atoms with Crippen LogP contribution in [0.3, 0.4) is 0 Å². The summed E-state index contributed by atoms with van der Waals surface area (Å²) < 4.78 is 0. The molecule has 0 aromatic carbocycles. The van der Waals surface area contributed by atoms with Gasteiger partial charge in [0.25, 0.3) is 0 Å². The van der Waals surface area contributed by atoms with Gasteiger partial charge in [0.1, 0.15) is 5.78 Å². The summed E-state index contributed by atoms with van der Waals surface area (Å²) in [6, 6.07) is 0. The molecule has 0 aliphatic heterocycles. The number of hydrogen-bond donors (Lipinski definition) is 2. The van der Waals surface area contributed by atoms with Crippen LogP contribution < -0.4 is 0 Å². The third-order valence-electron chi connectivity index (χ3n) is 10.0. The number of carbonyl (C=O) groups excluding carboxylic acids is 1. The van der Waals surface area contributed by atoms with Gasteiger partial charge in [0.15, 0.2) is 0 Å². The van der Waals surface area contributed by atoms with Crippen molar-refractivity contribution in [2.45, 2.75) is 91.1 Å². The lowest BCUT2D eigenvalue weighted by atomic mass is 9.44. The largest absolute Gasteiger partial charge is 0.481 e. The van der Waals surface area contributed by atoms with Crippen LogP contribution in [0.15, 0.2) is 0 Å². The quantitative estimate of drug-likeness (QED) is 0.730. The highest BCUT2D eigenvalue weighted by Gasteiger charge is 2.62. The molecule has 4 nitrogen and oxygen atoms in total. The second kappa shape index (κ2) is 7.11. The highest BCUT2D eigenvalue weighted by molar-refractivity contribution is 5.83. The number of Topliss-reactive ketones (excluding diaryl/α,β-unsaturated/α-hetero) is 1. The third-order valence-corrected chi connectivity index (χ3v) is 10.0. The summed E-state index contributed by atoms with van der Waals surface area (Å²) in [6.07, 6.45) is 8.81. The molecule has 4 fully saturated rings. The number of ketones is 1. The standard InChI is InChI=1S/C24H38O4/c1-14(4-7-21(27)28)17-5-6-18-22-19(9-11-24(17,18)3)23(2)10-8-16(25)12-15(23)13-20(22)26/h14-19,22,25H,4-13H2,1-3H3,(H,27,28)/t14-,15-,16+,17-,18+,19+,22+,23+,24-/m1/s1. The molecule has 0 spiro atoms. The molecule has 0 aromatic rings. The zero-order valence-electron chi connectivity index (χ0n) is 17.8. The Morgan fingerprint density at radius 1 is 1.11 bits per heavy atom. The van der Waals surface area contributed by atoms with Crippen molar-refractivity contribution in [3.8, 4) is 0 Å². The average Bonchev–Trinajstić information content (AvgIpc) is 2.98. The van der Waals surface area contributed by atoms with Crippen molar-refractivity contribution in [3.05, 3.63) is 0 Å². The Balaban J connectivity index is 1.56. The lowest BCUT2D eigenvalue weighted by Crippen LogP contribution is -2.57. The van der Waals surface area contributed by atoms with Crippen LogP contribution >= 0.6 is 0 Å². The van der Waals surface area contributed by atoms with Gasteiger partial charge in [0.2, 0.25) is 0 Å². The minimum absolute atomic E-state index is 0.187. The number of aliphatic hydroxyl groups excluding tert-OH is 1. The summed E-state index contributed by atoms with van der Waals surface area (Å²) in [4.78, 5) is 24.4. The highest BCUT2D eigenvalue weighted by Crippen LogP contribution is 2.67. The molecular formula is C24H38O4. The first-order chi connectivity index (χ1) is 13.2. The number of rotatable bonds is 4. The third kappa shape index (κ3) is 3.05. The van der Waals surface area contributed by atoms with Gasteiger partial charge in [-0.2, -0.15) is 0 Å². The predicted octanol–water partition coefficient (Wildman–Crippen LogP) is 4.69. The van der Waals surface area contributed by atoms with E-state index < -0.39 is 5.97 Å². The Bertz CT molecular complexity index is 645. The molecule has 4 heteroatoms. The molecule has 4 aliphatic carbocycles. The molecule has 0 amide bonds. The molecule has 0 unspecified atom stereocenters. The van der Waals surface area contributed by atoms with Crippen LogP contribution in [-0.4, -0.2) is 28.1 Å². The topological polar surface area (TPSA) is 74.6 Å². The number of carboxylic acid groups (broad SMARTS) is 1. The Labute approximate surface area is 169 Å². The molecule has 0 saturated heterocycles.